The van der Waals surface area contributed by atoms with Crippen LogP contribution in [0, 0.1) is 0 Å². The number of hydrogen-bond donors (Lipinski definition) is 4. The summed E-state index contributed by atoms with van der Waals surface area (Å²) in [6.07, 6.45) is 8.55. The van der Waals surface area contributed by atoms with E-state index in [4.69, 9.17) is 14.6 Å². The fourth-order valence-corrected chi connectivity index (χ4v) is 3.13. The Morgan fingerprint density at radius 2 is 1.42 bits per heavy atom. The van der Waals surface area contributed by atoms with E-state index in [0.717, 1.165) is 19.3 Å². The van der Waals surface area contributed by atoms with Crippen molar-refractivity contribution in [1.29, 1.82) is 0 Å². The third kappa shape index (κ3) is 6.58. The van der Waals surface area contributed by atoms with Gasteiger partial charge in [-0.2, -0.15) is 0 Å². The normalized spacial score (nSPS) is 30.1. The van der Waals surface area contributed by atoms with Gasteiger partial charge in [0.1, 0.15) is 24.9 Å². The van der Waals surface area contributed by atoms with E-state index in [0.29, 0.717) is 6.61 Å². The third-order valence-corrected chi connectivity index (χ3v) is 4.75. The highest BCUT2D eigenvalue weighted by atomic mass is 16.7. The highest BCUT2D eigenvalue weighted by molar-refractivity contribution is 4.96. The standard InChI is InChI=1S/C18H36O6/c1-2-3-4-5-6-7-8-9-10-11-12-23-18(14-20)17(22)16(21)15(13-19)24-18/h15-17,19-22H,2-14H2,1H3. The van der Waals surface area contributed by atoms with Crippen LogP contribution in [0.25, 0.3) is 0 Å². The van der Waals surface area contributed by atoms with E-state index in [1.807, 2.05) is 0 Å². The minimum atomic E-state index is -1.62. The van der Waals surface area contributed by atoms with Crippen molar-refractivity contribution in [2.24, 2.45) is 0 Å². The van der Waals surface area contributed by atoms with Crippen molar-refractivity contribution in [2.75, 3.05) is 19.8 Å². The Balaban J connectivity index is 2.09. The van der Waals surface area contributed by atoms with Crippen LogP contribution in [-0.4, -0.2) is 64.3 Å². The van der Waals surface area contributed by atoms with Gasteiger partial charge in [-0.25, -0.2) is 0 Å². The summed E-state index contributed by atoms with van der Waals surface area (Å²) in [6, 6.07) is 0. The first-order valence-corrected chi connectivity index (χ1v) is 9.51. The minimum Gasteiger partial charge on any atom is -0.394 e. The van der Waals surface area contributed by atoms with Crippen molar-refractivity contribution < 1.29 is 29.9 Å². The Kier molecular flexibility index (Phi) is 11.1. The molecule has 1 aliphatic rings. The second kappa shape index (κ2) is 12.2. The van der Waals surface area contributed by atoms with Crippen molar-refractivity contribution >= 4 is 0 Å². The van der Waals surface area contributed by atoms with E-state index in [9.17, 15) is 15.3 Å². The van der Waals surface area contributed by atoms with E-state index < -0.39 is 37.3 Å². The average Bonchev–Trinajstić information content (AvgIpc) is 2.84. The number of aliphatic hydroxyl groups is 4. The molecule has 0 aromatic rings. The molecule has 4 N–H and O–H groups in total. The minimum absolute atomic E-state index is 0.346. The Morgan fingerprint density at radius 1 is 0.875 bits per heavy atom. The first kappa shape index (κ1) is 21.8. The van der Waals surface area contributed by atoms with Crippen LogP contribution in [0.1, 0.15) is 71.1 Å². The molecule has 0 radical (unpaired) electrons. The van der Waals surface area contributed by atoms with Crippen molar-refractivity contribution in [3.05, 3.63) is 0 Å². The van der Waals surface area contributed by atoms with Gasteiger partial charge >= 0.3 is 0 Å². The van der Waals surface area contributed by atoms with Gasteiger partial charge in [-0.1, -0.05) is 64.7 Å². The van der Waals surface area contributed by atoms with Crippen LogP contribution in [0.4, 0.5) is 0 Å². The summed E-state index contributed by atoms with van der Waals surface area (Å²) in [4.78, 5) is 0. The molecule has 0 spiro atoms. The second-order valence-electron chi connectivity index (χ2n) is 6.77. The molecular formula is C18H36O6. The van der Waals surface area contributed by atoms with E-state index >= 15 is 0 Å². The van der Waals surface area contributed by atoms with Crippen molar-refractivity contribution in [1.82, 2.24) is 0 Å². The molecule has 24 heavy (non-hydrogen) atoms. The third-order valence-electron chi connectivity index (χ3n) is 4.75. The zero-order valence-corrected chi connectivity index (χ0v) is 15.0. The molecular weight excluding hydrogens is 312 g/mol. The van der Waals surface area contributed by atoms with Crippen molar-refractivity contribution in [3.63, 3.8) is 0 Å². The van der Waals surface area contributed by atoms with Gasteiger partial charge in [0, 0.05) is 0 Å². The smallest absolute Gasteiger partial charge is 0.221 e. The molecule has 1 fully saturated rings. The molecule has 1 rings (SSSR count). The van der Waals surface area contributed by atoms with E-state index in [1.165, 1.54) is 44.9 Å². The SMILES string of the molecule is CCCCCCCCCCCCOC1(CO)OC(CO)C(O)C1O. The molecule has 0 bridgehead atoms. The van der Waals surface area contributed by atoms with Gasteiger partial charge < -0.3 is 29.9 Å². The van der Waals surface area contributed by atoms with Gasteiger partial charge in [0.15, 0.2) is 0 Å². The first-order chi connectivity index (χ1) is 11.6. The van der Waals surface area contributed by atoms with Gasteiger partial charge in [0.05, 0.1) is 13.2 Å². The average molecular weight is 348 g/mol. The predicted molar refractivity (Wildman–Crippen MR) is 91.6 cm³/mol. The number of rotatable bonds is 14. The van der Waals surface area contributed by atoms with Crippen LogP contribution < -0.4 is 0 Å². The lowest BCUT2D eigenvalue weighted by Crippen LogP contribution is -2.48. The summed E-state index contributed by atoms with van der Waals surface area (Å²) in [5, 5.41) is 38.4. The maximum atomic E-state index is 10.00. The Morgan fingerprint density at radius 3 is 1.88 bits per heavy atom. The van der Waals surface area contributed by atoms with Crippen molar-refractivity contribution in [3.8, 4) is 0 Å². The van der Waals surface area contributed by atoms with Gasteiger partial charge in [0.25, 0.3) is 0 Å². The van der Waals surface area contributed by atoms with Gasteiger partial charge in [-0.3, -0.25) is 0 Å². The lowest BCUT2D eigenvalue weighted by molar-refractivity contribution is -0.276. The fraction of sp³-hybridized carbons (Fsp3) is 1.00. The molecule has 0 aromatic carbocycles. The van der Waals surface area contributed by atoms with Gasteiger partial charge in [0.2, 0.25) is 5.79 Å². The molecule has 0 amide bonds. The number of hydrogen-bond acceptors (Lipinski definition) is 6. The largest absolute Gasteiger partial charge is 0.394 e. The molecule has 0 aromatic heterocycles. The second-order valence-corrected chi connectivity index (χ2v) is 6.77. The summed E-state index contributed by atoms with van der Waals surface area (Å²) in [5.41, 5.74) is 0. The summed E-state index contributed by atoms with van der Waals surface area (Å²) in [6.45, 7) is 1.59. The number of aliphatic hydroxyl groups excluding tert-OH is 4. The molecule has 0 saturated carbocycles. The fourth-order valence-electron chi connectivity index (χ4n) is 3.13. The highest BCUT2D eigenvalue weighted by Crippen LogP contribution is 2.32. The van der Waals surface area contributed by atoms with Gasteiger partial charge in [-0.05, 0) is 6.42 Å². The quantitative estimate of drug-likeness (QED) is 0.357. The van der Waals surface area contributed by atoms with Crippen molar-refractivity contribution in [2.45, 2.75) is 95.2 Å². The topological polar surface area (TPSA) is 99.4 Å². The van der Waals surface area contributed by atoms with E-state index in [-0.39, 0.29) is 0 Å². The summed E-state index contributed by atoms with van der Waals surface area (Å²) >= 11 is 0. The summed E-state index contributed by atoms with van der Waals surface area (Å²) < 4.78 is 10.9. The zero-order valence-electron chi connectivity index (χ0n) is 15.0. The van der Waals surface area contributed by atoms with Crippen LogP contribution in [0.3, 0.4) is 0 Å². The monoisotopic (exact) mass is 348 g/mol. The molecule has 6 nitrogen and oxygen atoms in total. The Labute approximate surface area is 145 Å². The van der Waals surface area contributed by atoms with E-state index in [2.05, 4.69) is 6.92 Å². The molecule has 1 heterocycles. The van der Waals surface area contributed by atoms with Crippen LogP contribution in [0.15, 0.2) is 0 Å². The van der Waals surface area contributed by atoms with Crippen LogP contribution in [0.2, 0.25) is 0 Å². The molecule has 6 heteroatoms. The maximum absolute atomic E-state index is 10.00. The first-order valence-electron chi connectivity index (χ1n) is 9.51. The molecule has 1 saturated heterocycles. The maximum Gasteiger partial charge on any atom is 0.221 e. The number of ether oxygens (including phenoxy) is 2. The van der Waals surface area contributed by atoms with E-state index in [1.54, 1.807) is 0 Å². The van der Waals surface area contributed by atoms with Crippen LogP contribution in [-0.2, 0) is 9.47 Å². The Hall–Kier alpha value is -0.240. The highest BCUT2D eigenvalue weighted by Gasteiger charge is 2.54. The molecule has 4 atom stereocenters. The van der Waals surface area contributed by atoms with Crippen LogP contribution >= 0.6 is 0 Å². The lowest BCUT2D eigenvalue weighted by Gasteiger charge is -2.30. The Bertz CT molecular complexity index is 314. The molecule has 144 valence electrons. The van der Waals surface area contributed by atoms with Gasteiger partial charge in [-0.15, -0.1) is 0 Å². The summed E-state index contributed by atoms with van der Waals surface area (Å²) in [5.74, 6) is -1.62. The van der Waals surface area contributed by atoms with Crippen LogP contribution in [0.5, 0.6) is 0 Å². The zero-order chi connectivity index (χ0) is 17.8. The molecule has 4 unspecified atom stereocenters. The predicted octanol–water partition coefficient (Wildman–Crippen LogP) is 1.73. The number of unbranched alkanes of at least 4 members (excludes halogenated alkanes) is 9. The lowest BCUT2D eigenvalue weighted by atomic mass is 10.1. The molecule has 0 aliphatic carbocycles. The molecule has 1 aliphatic heterocycles. The summed E-state index contributed by atoms with van der Waals surface area (Å²) in [7, 11) is 0.